The van der Waals surface area contributed by atoms with Gasteiger partial charge in [0.05, 0.1) is 9.40 Å². The van der Waals surface area contributed by atoms with E-state index in [1.807, 2.05) is 0 Å². The molecule has 9 heteroatoms. The Balaban J connectivity index is 1.98. The number of hydrogen-bond donors (Lipinski definition) is 1. The highest BCUT2D eigenvalue weighted by molar-refractivity contribution is 9.10. The van der Waals surface area contributed by atoms with Crippen LogP contribution in [0.2, 0.25) is 0 Å². The predicted molar refractivity (Wildman–Crippen MR) is 83.8 cm³/mol. The maximum atomic E-state index is 12.2. The minimum Gasteiger partial charge on any atom is -0.506 e. The molecule has 1 aromatic rings. The molecule has 2 aliphatic rings. The molecule has 24 heavy (non-hydrogen) atoms. The van der Waals surface area contributed by atoms with Gasteiger partial charge in [-0.25, -0.2) is 9.59 Å². The standard InChI is InChI=1S/C15H12BrNO7/c16-11-7-9(17(21)22)5-8(12(11)18)6-10-13(19)23-15(24-14(10)20)3-1-2-4-15/h5-7,18H,1-4H2. The van der Waals surface area contributed by atoms with Gasteiger partial charge in [-0.05, 0) is 34.8 Å². The lowest BCUT2D eigenvalue weighted by Crippen LogP contribution is -2.44. The zero-order valence-corrected chi connectivity index (χ0v) is 13.9. The number of phenols is 1. The lowest BCUT2D eigenvalue weighted by atomic mass is 10.1. The Kier molecular flexibility index (Phi) is 4.04. The fourth-order valence-corrected chi connectivity index (χ4v) is 3.23. The van der Waals surface area contributed by atoms with Gasteiger partial charge in [-0.1, -0.05) is 0 Å². The average molecular weight is 398 g/mol. The van der Waals surface area contributed by atoms with E-state index in [4.69, 9.17) is 9.47 Å². The van der Waals surface area contributed by atoms with E-state index in [-0.39, 0.29) is 21.5 Å². The Morgan fingerprint density at radius 2 is 1.79 bits per heavy atom. The minimum absolute atomic E-state index is 0.0633. The summed E-state index contributed by atoms with van der Waals surface area (Å²) in [6.07, 6.45) is 3.51. The molecule has 1 N–H and O–H groups in total. The monoisotopic (exact) mass is 397 g/mol. The Labute approximate surface area is 144 Å². The predicted octanol–water partition coefficient (Wildman–Crippen LogP) is 2.82. The number of esters is 2. The summed E-state index contributed by atoms with van der Waals surface area (Å²) in [7, 11) is 0. The van der Waals surface area contributed by atoms with Crippen LogP contribution in [-0.2, 0) is 19.1 Å². The first-order chi connectivity index (χ1) is 11.3. The molecule has 1 aliphatic carbocycles. The van der Waals surface area contributed by atoms with Crippen molar-refractivity contribution in [3.63, 3.8) is 0 Å². The molecule has 2 fully saturated rings. The van der Waals surface area contributed by atoms with Crippen LogP contribution in [0.25, 0.3) is 6.08 Å². The fraction of sp³-hybridized carbons (Fsp3) is 0.333. The number of nitro benzene ring substituents is 1. The summed E-state index contributed by atoms with van der Waals surface area (Å²) in [5.41, 5.74) is -0.797. The number of benzene rings is 1. The van der Waals surface area contributed by atoms with Crippen molar-refractivity contribution in [3.8, 4) is 5.75 Å². The summed E-state index contributed by atoms with van der Waals surface area (Å²) in [6.45, 7) is 0. The summed E-state index contributed by atoms with van der Waals surface area (Å²) in [6, 6.07) is 2.16. The summed E-state index contributed by atoms with van der Waals surface area (Å²) in [4.78, 5) is 34.6. The van der Waals surface area contributed by atoms with Crippen molar-refractivity contribution in [2.24, 2.45) is 0 Å². The van der Waals surface area contributed by atoms with Gasteiger partial charge in [0, 0.05) is 30.5 Å². The van der Waals surface area contributed by atoms with Crippen LogP contribution in [0.15, 0.2) is 22.2 Å². The zero-order chi connectivity index (χ0) is 17.5. The maximum Gasteiger partial charge on any atom is 0.348 e. The van der Waals surface area contributed by atoms with Gasteiger partial charge >= 0.3 is 11.9 Å². The molecule has 1 heterocycles. The highest BCUT2D eigenvalue weighted by atomic mass is 79.9. The second-order valence-electron chi connectivity index (χ2n) is 5.58. The molecule has 0 unspecified atom stereocenters. The molecule has 0 atom stereocenters. The Hall–Kier alpha value is -2.42. The van der Waals surface area contributed by atoms with Gasteiger partial charge < -0.3 is 14.6 Å². The lowest BCUT2D eigenvalue weighted by Gasteiger charge is -2.32. The van der Waals surface area contributed by atoms with Crippen LogP contribution in [0.1, 0.15) is 31.2 Å². The van der Waals surface area contributed by atoms with Gasteiger partial charge in [-0.2, -0.15) is 0 Å². The van der Waals surface area contributed by atoms with Crippen LogP contribution in [0.3, 0.4) is 0 Å². The van der Waals surface area contributed by atoms with Crippen molar-refractivity contribution in [3.05, 3.63) is 37.9 Å². The SMILES string of the molecule is O=C1OC2(CCCC2)OC(=O)C1=Cc1cc([N+](=O)[O-])cc(Br)c1O. The maximum absolute atomic E-state index is 12.2. The van der Waals surface area contributed by atoms with Crippen molar-refractivity contribution in [2.75, 3.05) is 0 Å². The van der Waals surface area contributed by atoms with Gasteiger partial charge in [0.25, 0.3) is 11.5 Å². The van der Waals surface area contributed by atoms with Crippen molar-refractivity contribution < 1.29 is 29.1 Å². The van der Waals surface area contributed by atoms with E-state index < -0.39 is 28.2 Å². The van der Waals surface area contributed by atoms with Gasteiger partial charge in [0.15, 0.2) is 0 Å². The third kappa shape index (κ3) is 2.86. The molecule has 3 rings (SSSR count). The number of halogens is 1. The first-order valence-electron chi connectivity index (χ1n) is 7.17. The van der Waals surface area contributed by atoms with Crippen molar-refractivity contribution in [2.45, 2.75) is 31.5 Å². The van der Waals surface area contributed by atoms with E-state index >= 15 is 0 Å². The normalized spacial score (nSPS) is 19.1. The fourth-order valence-electron chi connectivity index (χ4n) is 2.76. The van der Waals surface area contributed by atoms with E-state index in [9.17, 15) is 24.8 Å². The molecule has 1 aliphatic heterocycles. The average Bonchev–Trinajstić information content (AvgIpc) is 2.94. The smallest absolute Gasteiger partial charge is 0.348 e. The van der Waals surface area contributed by atoms with E-state index in [1.165, 1.54) is 0 Å². The number of carbonyl (C=O) groups is 2. The third-order valence-electron chi connectivity index (χ3n) is 3.95. The molecule has 1 spiro atoms. The van der Waals surface area contributed by atoms with Gasteiger partial charge in [0.1, 0.15) is 11.3 Å². The van der Waals surface area contributed by atoms with Gasteiger partial charge in [0.2, 0.25) is 0 Å². The Bertz CT molecular complexity index is 758. The number of rotatable bonds is 2. The van der Waals surface area contributed by atoms with Crippen LogP contribution in [0.5, 0.6) is 5.75 Å². The summed E-state index contributed by atoms with van der Waals surface area (Å²) < 4.78 is 10.6. The topological polar surface area (TPSA) is 116 Å². The van der Waals surface area contributed by atoms with Gasteiger partial charge in [-0.3, -0.25) is 10.1 Å². The molecule has 8 nitrogen and oxygen atoms in total. The Morgan fingerprint density at radius 1 is 1.21 bits per heavy atom. The first kappa shape index (κ1) is 16.4. The number of nitrogens with zero attached hydrogens (tertiary/aromatic N) is 1. The van der Waals surface area contributed by atoms with E-state index in [2.05, 4.69) is 15.9 Å². The molecule has 0 radical (unpaired) electrons. The second kappa shape index (κ2) is 5.90. The van der Waals surface area contributed by atoms with E-state index in [0.29, 0.717) is 12.8 Å². The zero-order valence-electron chi connectivity index (χ0n) is 12.3. The van der Waals surface area contributed by atoms with E-state index in [1.54, 1.807) is 0 Å². The number of nitro groups is 1. The van der Waals surface area contributed by atoms with Crippen LogP contribution >= 0.6 is 15.9 Å². The van der Waals surface area contributed by atoms with Crippen LogP contribution in [0.4, 0.5) is 5.69 Å². The number of hydrogen-bond acceptors (Lipinski definition) is 7. The van der Waals surface area contributed by atoms with Crippen molar-refractivity contribution in [1.29, 1.82) is 0 Å². The molecule has 1 saturated carbocycles. The second-order valence-corrected chi connectivity index (χ2v) is 6.43. The first-order valence-corrected chi connectivity index (χ1v) is 7.96. The molecular weight excluding hydrogens is 386 g/mol. The molecular formula is C15H12BrNO7. The van der Waals surface area contributed by atoms with Crippen LogP contribution in [0, 0.1) is 10.1 Å². The molecule has 0 amide bonds. The summed E-state index contributed by atoms with van der Waals surface area (Å²) >= 11 is 2.99. The highest BCUT2D eigenvalue weighted by Gasteiger charge is 2.48. The molecule has 1 aromatic carbocycles. The number of carbonyl (C=O) groups excluding carboxylic acids is 2. The molecule has 1 saturated heterocycles. The number of aromatic hydroxyl groups is 1. The Morgan fingerprint density at radius 3 is 2.33 bits per heavy atom. The number of non-ortho nitro benzene ring substituents is 1. The summed E-state index contributed by atoms with van der Waals surface area (Å²) in [5, 5.41) is 20.9. The lowest BCUT2D eigenvalue weighted by molar-refractivity contribution is -0.385. The quantitative estimate of drug-likeness (QED) is 0.268. The largest absolute Gasteiger partial charge is 0.506 e. The molecule has 0 bridgehead atoms. The van der Waals surface area contributed by atoms with Crippen LogP contribution < -0.4 is 0 Å². The van der Waals surface area contributed by atoms with Crippen molar-refractivity contribution >= 4 is 39.6 Å². The van der Waals surface area contributed by atoms with Gasteiger partial charge in [-0.15, -0.1) is 0 Å². The number of ether oxygens (including phenoxy) is 2. The molecule has 126 valence electrons. The number of phenolic OH excluding ortho intramolecular Hbond substituents is 1. The van der Waals surface area contributed by atoms with E-state index in [0.717, 1.165) is 31.1 Å². The minimum atomic E-state index is -1.20. The molecule has 0 aromatic heterocycles. The highest BCUT2D eigenvalue weighted by Crippen LogP contribution is 2.40. The third-order valence-corrected chi connectivity index (χ3v) is 4.56. The van der Waals surface area contributed by atoms with Crippen molar-refractivity contribution in [1.82, 2.24) is 0 Å². The van der Waals surface area contributed by atoms with Crippen LogP contribution in [-0.4, -0.2) is 27.8 Å². The summed E-state index contributed by atoms with van der Waals surface area (Å²) in [5.74, 6) is -3.27.